The summed E-state index contributed by atoms with van der Waals surface area (Å²) in [6, 6.07) is 17.7. The first-order valence-corrected chi connectivity index (χ1v) is 8.50. The van der Waals surface area contributed by atoms with Gasteiger partial charge in [0.2, 0.25) is 5.91 Å². The molecular weight excluding hydrogens is 312 g/mol. The van der Waals surface area contributed by atoms with E-state index in [1.165, 1.54) is 0 Å². The maximum Gasteiger partial charge on any atom is 0.236 e. The first-order valence-electron chi connectivity index (χ1n) is 8.50. The van der Waals surface area contributed by atoms with E-state index in [4.69, 9.17) is 4.52 Å². The quantitative estimate of drug-likeness (QED) is 0.758. The molecule has 1 saturated carbocycles. The van der Waals surface area contributed by atoms with Crippen molar-refractivity contribution in [1.29, 1.82) is 0 Å². The molecule has 2 aromatic carbocycles. The molecule has 1 aromatic heterocycles. The number of amides is 1. The second-order valence-electron chi connectivity index (χ2n) is 6.75. The number of benzene rings is 2. The summed E-state index contributed by atoms with van der Waals surface area (Å²) < 4.78 is 5.49. The van der Waals surface area contributed by atoms with Gasteiger partial charge in [-0.15, -0.1) is 0 Å². The van der Waals surface area contributed by atoms with Crippen molar-refractivity contribution in [3.8, 4) is 11.3 Å². The maximum atomic E-state index is 13.0. The molecule has 4 heteroatoms. The number of aromatic nitrogens is 1. The molecule has 1 N–H and O–H groups in total. The first kappa shape index (κ1) is 15.6. The van der Waals surface area contributed by atoms with Gasteiger partial charge in [-0.2, -0.15) is 0 Å². The van der Waals surface area contributed by atoms with Crippen molar-refractivity contribution in [2.45, 2.75) is 32.1 Å². The highest BCUT2D eigenvalue weighted by atomic mass is 16.5. The molecule has 126 valence electrons. The van der Waals surface area contributed by atoms with Crippen molar-refractivity contribution >= 4 is 11.6 Å². The van der Waals surface area contributed by atoms with Crippen molar-refractivity contribution in [1.82, 2.24) is 5.16 Å². The molecule has 1 heterocycles. The Morgan fingerprint density at radius 1 is 1.04 bits per heavy atom. The van der Waals surface area contributed by atoms with Gasteiger partial charge in [0.15, 0.2) is 5.76 Å². The molecule has 1 aliphatic rings. The van der Waals surface area contributed by atoms with Crippen molar-refractivity contribution in [3.63, 3.8) is 0 Å². The second-order valence-corrected chi connectivity index (χ2v) is 6.75. The highest BCUT2D eigenvalue weighted by molar-refractivity contribution is 6.02. The highest BCUT2D eigenvalue weighted by Gasteiger charge is 2.54. The monoisotopic (exact) mass is 332 g/mol. The van der Waals surface area contributed by atoms with Crippen molar-refractivity contribution < 1.29 is 9.32 Å². The van der Waals surface area contributed by atoms with Gasteiger partial charge in [-0.05, 0) is 37.8 Å². The molecule has 0 spiro atoms. The van der Waals surface area contributed by atoms with Crippen LogP contribution in [0.4, 0.5) is 5.69 Å². The fourth-order valence-electron chi connectivity index (χ4n) is 3.21. The summed E-state index contributed by atoms with van der Waals surface area (Å²) in [6.07, 6.45) is 1.59. The highest BCUT2D eigenvalue weighted by Crippen LogP contribution is 2.49. The third-order valence-electron chi connectivity index (χ3n) is 4.96. The van der Waals surface area contributed by atoms with E-state index < -0.39 is 5.41 Å². The van der Waals surface area contributed by atoms with Crippen LogP contribution in [-0.4, -0.2) is 11.1 Å². The van der Waals surface area contributed by atoms with E-state index in [9.17, 15) is 4.79 Å². The normalized spacial score (nSPS) is 15.0. The minimum Gasteiger partial charge on any atom is -0.356 e. The molecule has 1 aliphatic carbocycles. The van der Waals surface area contributed by atoms with Crippen LogP contribution in [0.2, 0.25) is 0 Å². The lowest BCUT2D eigenvalue weighted by Crippen LogP contribution is -2.28. The van der Waals surface area contributed by atoms with Crippen LogP contribution in [0.15, 0.2) is 59.1 Å². The molecule has 4 nitrogen and oxygen atoms in total. The Labute approximate surface area is 146 Å². The van der Waals surface area contributed by atoms with Gasteiger partial charge in [0.1, 0.15) is 0 Å². The zero-order chi connectivity index (χ0) is 17.4. The van der Waals surface area contributed by atoms with E-state index >= 15 is 0 Å². The lowest BCUT2D eigenvalue weighted by atomic mass is 9.99. The lowest BCUT2D eigenvalue weighted by molar-refractivity contribution is -0.118. The number of nitrogens with one attached hydrogen (secondary N) is 1. The van der Waals surface area contributed by atoms with Crippen molar-refractivity contribution in [2.24, 2.45) is 0 Å². The molecular formula is C21H20N2O2. The van der Waals surface area contributed by atoms with Gasteiger partial charge >= 0.3 is 0 Å². The number of carbonyl (C=O) groups is 1. The molecule has 1 amide bonds. The average molecular weight is 332 g/mol. The van der Waals surface area contributed by atoms with E-state index in [0.29, 0.717) is 5.76 Å². The van der Waals surface area contributed by atoms with Crippen molar-refractivity contribution in [2.75, 3.05) is 5.32 Å². The summed E-state index contributed by atoms with van der Waals surface area (Å²) in [5.74, 6) is 0.694. The van der Waals surface area contributed by atoms with Gasteiger partial charge in [0.05, 0.1) is 11.1 Å². The maximum absolute atomic E-state index is 13.0. The molecule has 0 bridgehead atoms. The van der Waals surface area contributed by atoms with Crippen LogP contribution >= 0.6 is 0 Å². The molecule has 25 heavy (non-hydrogen) atoms. The van der Waals surface area contributed by atoms with E-state index in [-0.39, 0.29) is 5.91 Å². The summed E-state index contributed by atoms with van der Waals surface area (Å²) in [5.41, 5.74) is 4.14. The third kappa shape index (κ3) is 2.74. The van der Waals surface area contributed by atoms with Crippen LogP contribution < -0.4 is 5.32 Å². The first-order chi connectivity index (χ1) is 12.1. The Balaban J connectivity index is 1.60. The van der Waals surface area contributed by atoms with Gasteiger partial charge in [0.25, 0.3) is 0 Å². The van der Waals surface area contributed by atoms with Crippen LogP contribution in [0.25, 0.3) is 11.3 Å². The zero-order valence-electron chi connectivity index (χ0n) is 14.4. The lowest BCUT2D eigenvalue weighted by Gasteiger charge is -2.16. The summed E-state index contributed by atoms with van der Waals surface area (Å²) in [7, 11) is 0. The minimum atomic E-state index is -0.564. The summed E-state index contributed by atoms with van der Waals surface area (Å²) in [5, 5.41) is 7.31. The topological polar surface area (TPSA) is 55.1 Å². The molecule has 1 fully saturated rings. The number of hydrogen-bond acceptors (Lipinski definition) is 3. The van der Waals surface area contributed by atoms with Gasteiger partial charge < -0.3 is 9.84 Å². The molecule has 4 rings (SSSR count). The number of para-hydroxylation sites is 1. The Morgan fingerprint density at radius 3 is 2.36 bits per heavy atom. The second kappa shape index (κ2) is 5.88. The Bertz CT molecular complexity index is 904. The molecule has 0 aliphatic heterocycles. The fraction of sp³-hybridized carbons (Fsp3) is 0.238. The van der Waals surface area contributed by atoms with Gasteiger partial charge in [-0.1, -0.05) is 53.7 Å². The summed E-state index contributed by atoms with van der Waals surface area (Å²) in [4.78, 5) is 13.0. The van der Waals surface area contributed by atoms with Crippen LogP contribution in [0, 0.1) is 13.8 Å². The largest absolute Gasteiger partial charge is 0.356 e. The van der Waals surface area contributed by atoms with Gasteiger partial charge in [0, 0.05) is 17.3 Å². The van der Waals surface area contributed by atoms with E-state index in [0.717, 1.165) is 40.9 Å². The molecule has 0 saturated heterocycles. The van der Waals surface area contributed by atoms with E-state index in [2.05, 4.69) is 10.5 Å². The summed E-state index contributed by atoms with van der Waals surface area (Å²) in [6.45, 7) is 4.01. The molecule has 0 radical (unpaired) electrons. The Morgan fingerprint density at radius 2 is 1.72 bits per heavy atom. The zero-order valence-corrected chi connectivity index (χ0v) is 14.4. The van der Waals surface area contributed by atoms with Gasteiger partial charge in [-0.25, -0.2) is 0 Å². The average Bonchev–Trinajstić information content (AvgIpc) is 3.29. The third-order valence-corrected chi connectivity index (χ3v) is 4.96. The van der Waals surface area contributed by atoms with Gasteiger partial charge in [-0.3, -0.25) is 4.79 Å². The predicted molar refractivity (Wildman–Crippen MR) is 97.4 cm³/mol. The number of carbonyl (C=O) groups excluding carboxylic acids is 1. The molecule has 0 atom stereocenters. The van der Waals surface area contributed by atoms with Crippen LogP contribution in [0.3, 0.4) is 0 Å². The van der Waals surface area contributed by atoms with E-state index in [1.807, 2.05) is 68.4 Å². The number of anilines is 1. The summed E-state index contributed by atoms with van der Waals surface area (Å²) >= 11 is 0. The number of nitrogens with zero attached hydrogens (tertiary/aromatic N) is 1. The molecule has 3 aromatic rings. The van der Waals surface area contributed by atoms with Crippen LogP contribution in [0.1, 0.15) is 29.7 Å². The minimum absolute atomic E-state index is 0.00203. The predicted octanol–water partition coefficient (Wildman–Crippen LogP) is 4.63. The standard InChI is InChI=1S/C21H20N2O2/c1-14-7-6-8-15(2)19(14)22-20(24)21(11-12-21)18-13-17(25-23-18)16-9-4-3-5-10-16/h3-10,13H,11-12H2,1-2H3,(H,22,24). The van der Waals surface area contributed by atoms with Crippen LogP contribution in [0.5, 0.6) is 0 Å². The Hall–Kier alpha value is -2.88. The SMILES string of the molecule is Cc1cccc(C)c1NC(=O)C1(c2cc(-c3ccccc3)on2)CC1. The number of hydrogen-bond donors (Lipinski definition) is 1. The Kier molecular flexibility index (Phi) is 3.68. The number of rotatable bonds is 4. The van der Waals surface area contributed by atoms with Crippen molar-refractivity contribution in [3.05, 3.63) is 71.4 Å². The molecule has 0 unspecified atom stereocenters. The smallest absolute Gasteiger partial charge is 0.236 e. The fourth-order valence-corrected chi connectivity index (χ4v) is 3.21. The number of aryl methyl sites for hydroxylation is 2. The van der Waals surface area contributed by atoms with E-state index in [1.54, 1.807) is 0 Å². The van der Waals surface area contributed by atoms with Crippen LogP contribution in [-0.2, 0) is 10.2 Å².